The molecule has 2 aromatic rings. The smallest absolute Gasteiger partial charge is 0.355 e. The van der Waals surface area contributed by atoms with Crippen molar-refractivity contribution in [2.24, 2.45) is 0 Å². The number of rotatable bonds is 6. The fourth-order valence-electron chi connectivity index (χ4n) is 1.66. The minimum Gasteiger partial charge on any atom is -0.497 e. The molecule has 110 valence electrons. The van der Waals surface area contributed by atoms with Crippen molar-refractivity contribution < 1.29 is 19.1 Å². The highest BCUT2D eigenvalue weighted by Crippen LogP contribution is 2.10. The molecule has 0 unspecified atom stereocenters. The number of hydrogen-bond acceptors (Lipinski definition) is 4. The first-order valence-electron chi connectivity index (χ1n) is 6.39. The predicted octanol–water partition coefficient (Wildman–Crippen LogP) is 1.50. The summed E-state index contributed by atoms with van der Waals surface area (Å²) in [5.41, 5.74) is 1.25. The quantitative estimate of drug-likeness (QED) is 0.789. The van der Waals surface area contributed by atoms with Crippen LogP contribution in [0.5, 0.6) is 5.75 Å². The predicted molar refractivity (Wildman–Crippen MR) is 75.9 cm³/mol. The second-order valence-corrected chi connectivity index (χ2v) is 4.28. The van der Waals surface area contributed by atoms with Gasteiger partial charge < -0.3 is 19.8 Å². The number of aromatic amines is 1. The lowest BCUT2D eigenvalue weighted by Gasteiger charge is -2.07. The van der Waals surface area contributed by atoms with Crippen molar-refractivity contribution >= 4 is 11.9 Å². The topological polar surface area (TPSA) is 80.4 Å². The van der Waals surface area contributed by atoms with Gasteiger partial charge in [0.2, 0.25) is 0 Å². The van der Waals surface area contributed by atoms with Crippen molar-refractivity contribution in [1.82, 2.24) is 10.3 Å². The van der Waals surface area contributed by atoms with Crippen molar-refractivity contribution in [1.29, 1.82) is 0 Å². The fraction of sp³-hybridized carbons (Fsp3) is 0.200. The molecule has 1 aromatic heterocycles. The van der Waals surface area contributed by atoms with E-state index in [0.29, 0.717) is 12.2 Å². The second-order valence-electron chi connectivity index (χ2n) is 4.28. The van der Waals surface area contributed by atoms with Crippen LogP contribution in [0, 0.1) is 0 Å². The van der Waals surface area contributed by atoms with Crippen LogP contribution in [0.2, 0.25) is 0 Å². The summed E-state index contributed by atoms with van der Waals surface area (Å²) in [4.78, 5) is 25.8. The standard InChI is InChI=1S/C15H16N2O4/c1-20-12-6-4-11(5-7-12)9-17-14(18)10-21-15(19)13-3-2-8-16-13/h2-8,16H,9-10H2,1H3,(H,17,18). The first kappa shape index (κ1) is 14.6. The molecule has 0 fully saturated rings. The minimum absolute atomic E-state index is 0.311. The van der Waals surface area contributed by atoms with Gasteiger partial charge in [0, 0.05) is 12.7 Å². The van der Waals surface area contributed by atoms with E-state index in [1.54, 1.807) is 25.4 Å². The molecule has 2 rings (SSSR count). The van der Waals surface area contributed by atoms with Gasteiger partial charge >= 0.3 is 5.97 Å². The van der Waals surface area contributed by atoms with Crippen molar-refractivity contribution in [2.75, 3.05) is 13.7 Å². The summed E-state index contributed by atoms with van der Waals surface area (Å²) in [5.74, 6) is -0.157. The molecular weight excluding hydrogens is 272 g/mol. The number of benzene rings is 1. The molecule has 21 heavy (non-hydrogen) atoms. The Bertz CT molecular complexity index is 591. The number of amides is 1. The highest BCUT2D eigenvalue weighted by molar-refractivity contribution is 5.89. The Morgan fingerprint density at radius 2 is 1.95 bits per heavy atom. The molecule has 0 bridgehead atoms. The van der Waals surface area contributed by atoms with Gasteiger partial charge in [0.15, 0.2) is 6.61 Å². The van der Waals surface area contributed by atoms with Crippen molar-refractivity contribution in [3.63, 3.8) is 0 Å². The van der Waals surface area contributed by atoms with Gasteiger partial charge in [-0.25, -0.2) is 4.79 Å². The van der Waals surface area contributed by atoms with Crippen LogP contribution in [0.15, 0.2) is 42.6 Å². The highest BCUT2D eigenvalue weighted by atomic mass is 16.5. The van der Waals surface area contributed by atoms with Crippen LogP contribution < -0.4 is 10.1 Å². The molecule has 1 aromatic carbocycles. The molecule has 6 nitrogen and oxygen atoms in total. The zero-order chi connectivity index (χ0) is 15.1. The summed E-state index contributed by atoms with van der Waals surface area (Å²) in [7, 11) is 1.59. The van der Waals surface area contributed by atoms with Crippen LogP contribution in [0.25, 0.3) is 0 Å². The Labute approximate surface area is 122 Å². The zero-order valence-corrected chi connectivity index (χ0v) is 11.6. The Kier molecular flexibility index (Phi) is 4.98. The van der Waals surface area contributed by atoms with Crippen molar-refractivity contribution in [3.8, 4) is 5.75 Å². The van der Waals surface area contributed by atoms with E-state index in [0.717, 1.165) is 11.3 Å². The first-order chi connectivity index (χ1) is 10.2. The van der Waals surface area contributed by atoms with Crippen molar-refractivity contribution in [3.05, 3.63) is 53.9 Å². The summed E-state index contributed by atoms with van der Waals surface area (Å²) in [6.07, 6.45) is 1.61. The second kappa shape index (κ2) is 7.14. The molecule has 2 N–H and O–H groups in total. The molecule has 0 spiro atoms. The molecule has 0 saturated heterocycles. The summed E-state index contributed by atoms with van der Waals surface area (Å²) in [6.45, 7) is 0.0525. The first-order valence-corrected chi connectivity index (χ1v) is 6.39. The van der Waals surface area contributed by atoms with Gasteiger partial charge in [-0.05, 0) is 29.8 Å². The maximum Gasteiger partial charge on any atom is 0.355 e. The molecule has 0 saturated carbocycles. The van der Waals surface area contributed by atoms with Crippen LogP contribution in [0.4, 0.5) is 0 Å². The number of aromatic nitrogens is 1. The number of esters is 1. The molecule has 0 radical (unpaired) electrons. The third-order valence-electron chi connectivity index (χ3n) is 2.80. The average molecular weight is 288 g/mol. The SMILES string of the molecule is COc1ccc(CNC(=O)COC(=O)c2ccc[nH]2)cc1. The molecule has 1 amide bonds. The number of carbonyl (C=O) groups excluding carboxylic acids is 2. The van der Waals surface area contributed by atoms with Crippen LogP contribution in [-0.4, -0.2) is 30.6 Å². The van der Waals surface area contributed by atoms with Gasteiger partial charge in [-0.2, -0.15) is 0 Å². The summed E-state index contributed by atoms with van der Waals surface area (Å²) < 4.78 is 9.92. The molecule has 0 aliphatic rings. The zero-order valence-electron chi connectivity index (χ0n) is 11.6. The van der Waals surface area contributed by atoms with E-state index in [1.807, 2.05) is 24.3 Å². The molecule has 0 aliphatic carbocycles. The number of carbonyl (C=O) groups is 2. The number of H-pyrrole nitrogens is 1. The van der Waals surface area contributed by atoms with Crippen LogP contribution in [0.1, 0.15) is 16.1 Å². The lowest BCUT2D eigenvalue weighted by Crippen LogP contribution is -2.28. The van der Waals surface area contributed by atoms with Gasteiger partial charge in [0.05, 0.1) is 7.11 Å². The fourth-order valence-corrected chi connectivity index (χ4v) is 1.66. The van der Waals surface area contributed by atoms with Crippen LogP contribution >= 0.6 is 0 Å². The number of methoxy groups -OCH3 is 1. The van der Waals surface area contributed by atoms with E-state index in [4.69, 9.17) is 9.47 Å². The van der Waals surface area contributed by atoms with Gasteiger partial charge in [0.25, 0.3) is 5.91 Å². The highest BCUT2D eigenvalue weighted by Gasteiger charge is 2.10. The summed E-state index contributed by atoms with van der Waals surface area (Å²) in [5, 5.41) is 2.67. The summed E-state index contributed by atoms with van der Waals surface area (Å²) in [6, 6.07) is 10.6. The Morgan fingerprint density at radius 1 is 1.19 bits per heavy atom. The Morgan fingerprint density at radius 3 is 2.57 bits per heavy atom. The monoisotopic (exact) mass is 288 g/mol. The third kappa shape index (κ3) is 4.38. The third-order valence-corrected chi connectivity index (χ3v) is 2.80. The number of nitrogens with one attached hydrogen (secondary N) is 2. The Hall–Kier alpha value is -2.76. The summed E-state index contributed by atoms with van der Waals surface area (Å²) >= 11 is 0. The van der Waals surface area contributed by atoms with E-state index in [-0.39, 0.29) is 12.5 Å². The van der Waals surface area contributed by atoms with Gasteiger partial charge in [-0.3, -0.25) is 4.79 Å². The molecule has 0 atom stereocenters. The van der Waals surface area contributed by atoms with Gasteiger partial charge in [-0.15, -0.1) is 0 Å². The molecule has 6 heteroatoms. The van der Waals surface area contributed by atoms with E-state index in [2.05, 4.69) is 10.3 Å². The van der Waals surface area contributed by atoms with E-state index in [1.165, 1.54) is 0 Å². The maximum atomic E-state index is 11.6. The normalized spacial score (nSPS) is 9.95. The largest absolute Gasteiger partial charge is 0.497 e. The lowest BCUT2D eigenvalue weighted by atomic mass is 10.2. The molecular formula is C15H16N2O4. The van der Waals surface area contributed by atoms with E-state index >= 15 is 0 Å². The van der Waals surface area contributed by atoms with Crippen molar-refractivity contribution in [2.45, 2.75) is 6.54 Å². The minimum atomic E-state index is -0.556. The Balaban J connectivity index is 1.73. The lowest BCUT2D eigenvalue weighted by molar-refractivity contribution is -0.124. The average Bonchev–Trinajstić information content (AvgIpc) is 3.05. The van der Waals surface area contributed by atoms with Gasteiger partial charge in [0.1, 0.15) is 11.4 Å². The number of ether oxygens (including phenoxy) is 2. The van der Waals surface area contributed by atoms with Crippen LogP contribution in [0.3, 0.4) is 0 Å². The molecule has 0 aliphatic heterocycles. The van der Waals surface area contributed by atoms with E-state index < -0.39 is 5.97 Å². The van der Waals surface area contributed by atoms with Crippen LogP contribution in [-0.2, 0) is 16.1 Å². The number of hydrogen-bond donors (Lipinski definition) is 2. The van der Waals surface area contributed by atoms with E-state index in [9.17, 15) is 9.59 Å². The van der Waals surface area contributed by atoms with Gasteiger partial charge in [-0.1, -0.05) is 12.1 Å². The molecule has 1 heterocycles. The maximum absolute atomic E-state index is 11.6.